The average Bonchev–Trinajstić information content (AvgIpc) is 3.15. The average molecular weight is 380 g/mol. The lowest BCUT2D eigenvalue weighted by molar-refractivity contribution is -0.117. The van der Waals surface area contributed by atoms with E-state index in [0.29, 0.717) is 18.5 Å². The number of amides is 2. The molecule has 148 valence electrons. The van der Waals surface area contributed by atoms with Crippen LogP contribution >= 0.6 is 0 Å². The fourth-order valence-electron chi connectivity index (χ4n) is 3.22. The Morgan fingerprint density at radius 3 is 2.50 bits per heavy atom. The predicted octanol–water partition coefficient (Wildman–Crippen LogP) is 3.96. The first-order chi connectivity index (χ1) is 13.7. The summed E-state index contributed by atoms with van der Waals surface area (Å²) in [5.41, 5.74) is 2.63. The summed E-state index contributed by atoms with van der Waals surface area (Å²) < 4.78 is 5.66. The van der Waals surface area contributed by atoms with Crippen LogP contribution in [0.5, 0.6) is 5.75 Å². The highest BCUT2D eigenvalue weighted by molar-refractivity contribution is 5.97. The van der Waals surface area contributed by atoms with Crippen LogP contribution in [0.1, 0.15) is 48.5 Å². The monoisotopic (exact) mass is 380 g/mol. The van der Waals surface area contributed by atoms with Crippen molar-refractivity contribution in [1.29, 1.82) is 0 Å². The molecular formula is C23H28N2O3. The van der Waals surface area contributed by atoms with Gasteiger partial charge in [-0.2, -0.15) is 0 Å². The van der Waals surface area contributed by atoms with Gasteiger partial charge in [0.25, 0.3) is 5.91 Å². The fraction of sp³-hybridized carbons (Fsp3) is 0.391. The SMILES string of the molecule is CCCCOc1ccc(CCNC(=O)c2ccc(N3CCCC3=O)cc2)cc1. The van der Waals surface area contributed by atoms with Crippen LogP contribution in [0, 0.1) is 0 Å². The first-order valence-corrected chi connectivity index (χ1v) is 10.1. The number of hydrogen-bond acceptors (Lipinski definition) is 3. The van der Waals surface area contributed by atoms with Crippen molar-refractivity contribution >= 4 is 17.5 Å². The molecule has 2 aromatic carbocycles. The fourth-order valence-corrected chi connectivity index (χ4v) is 3.22. The van der Waals surface area contributed by atoms with Crippen molar-refractivity contribution in [2.75, 3.05) is 24.6 Å². The minimum atomic E-state index is -0.0983. The molecule has 28 heavy (non-hydrogen) atoms. The Labute approximate surface area is 166 Å². The van der Waals surface area contributed by atoms with E-state index in [1.807, 2.05) is 36.4 Å². The van der Waals surface area contributed by atoms with E-state index in [-0.39, 0.29) is 11.8 Å². The minimum Gasteiger partial charge on any atom is -0.494 e. The number of hydrogen-bond donors (Lipinski definition) is 1. The zero-order valence-electron chi connectivity index (χ0n) is 16.4. The van der Waals surface area contributed by atoms with Crippen LogP contribution in [0.3, 0.4) is 0 Å². The second-order valence-corrected chi connectivity index (χ2v) is 7.05. The third kappa shape index (κ3) is 5.35. The molecule has 1 aliphatic rings. The van der Waals surface area contributed by atoms with Crippen molar-refractivity contribution in [2.45, 2.75) is 39.0 Å². The molecule has 1 saturated heterocycles. The van der Waals surface area contributed by atoms with Crippen LogP contribution < -0.4 is 15.0 Å². The highest BCUT2D eigenvalue weighted by atomic mass is 16.5. The largest absolute Gasteiger partial charge is 0.494 e. The van der Waals surface area contributed by atoms with Crippen LogP contribution in [-0.2, 0) is 11.2 Å². The maximum absolute atomic E-state index is 12.3. The number of anilines is 1. The van der Waals surface area contributed by atoms with Crippen LogP contribution in [0.25, 0.3) is 0 Å². The molecule has 5 nitrogen and oxygen atoms in total. The van der Waals surface area contributed by atoms with Gasteiger partial charge in [-0.15, -0.1) is 0 Å². The van der Waals surface area contributed by atoms with Gasteiger partial charge >= 0.3 is 0 Å². The number of unbranched alkanes of at least 4 members (excludes halogenated alkanes) is 1. The van der Waals surface area contributed by atoms with Gasteiger partial charge in [0.1, 0.15) is 5.75 Å². The summed E-state index contributed by atoms with van der Waals surface area (Å²) in [4.78, 5) is 25.9. The second kappa shape index (κ2) is 9.93. The molecule has 2 aromatic rings. The Kier molecular flexibility index (Phi) is 7.06. The van der Waals surface area contributed by atoms with E-state index in [0.717, 1.165) is 55.8 Å². The molecule has 1 fully saturated rings. The Hall–Kier alpha value is -2.82. The van der Waals surface area contributed by atoms with Crippen molar-refractivity contribution in [2.24, 2.45) is 0 Å². The van der Waals surface area contributed by atoms with E-state index < -0.39 is 0 Å². The lowest BCUT2D eigenvalue weighted by atomic mass is 10.1. The van der Waals surface area contributed by atoms with E-state index in [2.05, 4.69) is 12.2 Å². The van der Waals surface area contributed by atoms with Gasteiger partial charge in [0.2, 0.25) is 5.91 Å². The topological polar surface area (TPSA) is 58.6 Å². The second-order valence-electron chi connectivity index (χ2n) is 7.05. The highest BCUT2D eigenvalue weighted by Crippen LogP contribution is 2.21. The molecule has 1 heterocycles. The van der Waals surface area contributed by atoms with Crippen molar-refractivity contribution in [3.8, 4) is 5.75 Å². The first-order valence-electron chi connectivity index (χ1n) is 10.1. The summed E-state index contributed by atoms with van der Waals surface area (Å²) in [6.07, 6.45) is 4.45. The summed E-state index contributed by atoms with van der Waals surface area (Å²) in [7, 11) is 0. The van der Waals surface area contributed by atoms with Crippen LogP contribution in [0.2, 0.25) is 0 Å². The summed E-state index contributed by atoms with van der Waals surface area (Å²) in [6, 6.07) is 15.3. The van der Waals surface area contributed by atoms with Gasteiger partial charge in [0, 0.05) is 30.8 Å². The number of rotatable bonds is 9. The van der Waals surface area contributed by atoms with Crippen LogP contribution in [0.4, 0.5) is 5.69 Å². The maximum atomic E-state index is 12.3. The Balaban J connectivity index is 1.44. The summed E-state index contributed by atoms with van der Waals surface area (Å²) in [6.45, 7) is 4.22. The Morgan fingerprint density at radius 1 is 1.11 bits per heavy atom. The van der Waals surface area contributed by atoms with Gasteiger partial charge in [0.15, 0.2) is 0 Å². The third-order valence-electron chi connectivity index (χ3n) is 4.90. The zero-order valence-corrected chi connectivity index (χ0v) is 16.4. The van der Waals surface area contributed by atoms with Crippen molar-refractivity contribution in [3.63, 3.8) is 0 Å². The van der Waals surface area contributed by atoms with Gasteiger partial charge in [-0.05, 0) is 61.2 Å². The smallest absolute Gasteiger partial charge is 0.251 e. The van der Waals surface area contributed by atoms with Crippen LogP contribution in [0.15, 0.2) is 48.5 Å². The van der Waals surface area contributed by atoms with Gasteiger partial charge in [-0.25, -0.2) is 0 Å². The summed E-state index contributed by atoms with van der Waals surface area (Å²) in [5, 5.41) is 2.95. The zero-order chi connectivity index (χ0) is 19.8. The van der Waals surface area contributed by atoms with E-state index >= 15 is 0 Å². The number of nitrogens with zero attached hydrogens (tertiary/aromatic N) is 1. The standard InChI is InChI=1S/C23H28N2O3/c1-2-3-17-28-21-12-6-18(7-13-21)14-15-24-23(27)19-8-10-20(11-9-19)25-16-4-5-22(25)26/h6-13H,2-5,14-17H2,1H3,(H,24,27). The molecule has 0 spiro atoms. The molecule has 0 aromatic heterocycles. The van der Waals surface area contributed by atoms with E-state index in [1.165, 1.54) is 0 Å². The highest BCUT2D eigenvalue weighted by Gasteiger charge is 2.21. The normalized spacial score (nSPS) is 13.6. The number of benzene rings is 2. The third-order valence-corrected chi connectivity index (χ3v) is 4.90. The lowest BCUT2D eigenvalue weighted by Crippen LogP contribution is -2.26. The Bertz CT molecular complexity index is 784. The summed E-state index contributed by atoms with van der Waals surface area (Å²) in [5.74, 6) is 0.940. The molecule has 1 aliphatic heterocycles. The van der Waals surface area contributed by atoms with E-state index in [9.17, 15) is 9.59 Å². The van der Waals surface area contributed by atoms with Crippen molar-refractivity contribution in [3.05, 3.63) is 59.7 Å². The molecule has 0 saturated carbocycles. The van der Waals surface area contributed by atoms with E-state index in [1.54, 1.807) is 17.0 Å². The number of carbonyl (C=O) groups excluding carboxylic acids is 2. The summed E-state index contributed by atoms with van der Waals surface area (Å²) >= 11 is 0. The number of carbonyl (C=O) groups is 2. The van der Waals surface area contributed by atoms with Gasteiger partial charge in [-0.1, -0.05) is 25.5 Å². The van der Waals surface area contributed by atoms with E-state index in [4.69, 9.17) is 4.74 Å². The molecule has 0 bridgehead atoms. The molecule has 1 N–H and O–H groups in total. The molecule has 2 amide bonds. The number of nitrogens with one attached hydrogen (secondary N) is 1. The van der Waals surface area contributed by atoms with Crippen molar-refractivity contribution in [1.82, 2.24) is 5.32 Å². The molecule has 5 heteroatoms. The van der Waals surface area contributed by atoms with Gasteiger partial charge in [-0.3, -0.25) is 9.59 Å². The van der Waals surface area contributed by atoms with Gasteiger partial charge < -0.3 is 15.0 Å². The minimum absolute atomic E-state index is 0.0983. The maximum Gasteiger partial charge on any atom is 0.251 e. The molecule has 0 unspecified atom stereocenters. The quantitative estimate of drug-likeness (QED) is 0.670. The molecule has 0 atom stereocenters. The van der Waals surface area contributed by atoms with Gasteiger partial charge in [0.05, 0.1) is 6.61 Å². The lowest BCUT2D eigenvalue weighted by Gasteiger charge is -2.15. The molecule has 0 aliphatic carbocycles. The van der Waals surface area contributed by atoms with Crippen LogP contribution in [-0.4, -0.2) is 31.5 Å². The Morgan fingerprint density at radius 2 is 1.86 bits per heavy atom. The number of ether oxygens (including phenoxy) is 1. The molecular weight excluding hydrogens is 352 g/mol. The molecule has 3 rings (SSSR count). The van der Waals surface area contributed by atoms with Crippen molar-refractivity contribution < 1.29 is 14.3 Å². The molecule has 0 radical (unpaired) electrons. The predicted molar refractivity (Wildman–Crippen MR) is 111 cm³/mol. The first kappa shape index (κ1) is 19.9.